The summed E-state index contributed by atoms with van der Waals surface area (Å²) in [5.41, 5.74) is 1.47. The van der Waals surface area contributed by atoms with E-state index in [1.54, 1.807) is 16.8 Å². The fourth-order valence-electron chi connectivity index (χ4n) is 4.16. The molecule has 3 heterocycles. The highest BCUT2D eigenvalue weighted by molar-refractivity contribution is 5.98. The van der Waals surface area contributed by atoms with E-state index in [9.17, 15) is 22.8 Å². The molecule has 0 saturated heterocycles. The predicted molar refractivity (Wildman–Crippen MR) is 112 cm³/mol. The number of rotatable bonds is 6. The molecule has 4 aromatic rings. The normalized spacial score (nSPS) is 15.0. The molecule has 1 aliphatic rings. The molecule has 1 saturated carbocycles. The van der Waals surface area contributed by atoms with Gasteiger partial charge in [0.05, 0.1) is 35.8 Å². The number of aromatic nitrogens is 5. The van der Waals surface area contributed by atoms with Crippen molar-refractivity contribution in [2.24, 2.45) is 5.92 Å². The predicted octanol–water partition coefficient (Wildman–Crippen LogP) is 3.42. The second kappa shape index (κ2) is 7.78. The molecular formula is C21H17F4N7O2. The quantitative estimate of drug-likeness (QED) is 0.292. The SMILES string of the molecule is Cc1c(F)c(C(NC(=O)C(F)(F)F)C2CC2)c2[nH]ncc2c1-c1cn2cc(NC=O)nc2cn1. The number of imidazole rings is 1. The van der Waals surface area contributed by atoms with Gasteiger partial charge >= 0.3 is 12.1 Å². The van der Waals surface area contributed by atoms with Crippen LogP contribution in [-0.2, 0) is 9.59 Å². The lowest BCUT2D eigenvalue weighted by Crippen LogP contribution is -2.40. The highest BCUT2D eigenvalue weighted by Gasteiger charge is 2.44. The highest BCUT2D eigenvalue weighted by Crippen LogP contribution is 2.46. The van der Waals surface area contributed by atoms with E-state index < -0.39 is 23.9 Å². The molecule has 176 valence electrons. The lowest BCUT2D eigenvalue weighted by Gasteiger charge is -2.23. The smallest absolute Gasteiger partial charge is 0.341 e. The van der Waals surface area contributed by atoms with Crippen molar-refractivity contribution in [3.05, 3.63) is 41.7 Å². The van der Waals surface area contributed by atoms with Crippen LogP contribution in [0.4, 0.5) is 23.4 Å². The molecule has 1 unspecified atom stereocenters. The highest BCUT2D eigenvalue weighted by atomic mass is 19.4. The molecule has 1 atom stereocenters. The van der Waals surface area contributed by atoms with Gasteiger partial charge in [0.25, 0.3) is 0 Å². The molecule has 0 radical (unpaired) electrons. The zero-order chi connectivity index (χ0) is 24.2. The summed E-state index contributed by atoms with van der Waals surface area (Å²) in [6.45, 7) is 1.50. The number of hydrogen-bond donors (Lipinski definition) is 3. The molecule has 1 fully saturated rings. The molecule has 0 aliphatic heterocycles. The van der Waals surface area contributed by atoms with Gasteiger partial charge in [0.1, 0.15) is 5.82 Å². The summed E-state index contributed by atoms with van der Waals surface area (Å²) >= 11 is 0. The van der Waals surface area contributed by atoms with Crippen LogP contribution in [0, 0.1) is 18.7 Å². The summed E-state index contributed by atoms with van der Waals surface area (Å²) in [6, 6.07) is -1.16. The van der Waals surface area contributed by atoms with Crippen molar-refractivity contribution in [3.8, 4) is 11.3 Å². The Hall–Kier alpha value is -4.03. The Morgan fingerprint density at radius 3 is 2.74 bits per heavy atom. The monoisotopic (exact) mass is 475 g/mol. The Morgan fingerprint density at radius 1 is 1.29 bits per heavy atom. The fraction of sp³-hybridized carbons (Fsp3) is 0.286. The average Bonchev–Trinajstić information content (AvgIpc) is 3.38. The molecule has 1 aromatic carbocycles. The number of halogens is 4. The van der Waals surface area contributed by atoms with Crippen molar-refractivity contribution in [3.63, 3.8) is 0 Å². The van der Waals surface area contributed by atoms with Crippen molar-refractivity contribution in [1.82, 2.24) is 29.9 Å². The van der Waals surface area contributed by atoms with Crippen molar-refractivity contribution in [2.45, 2.75) is 32.0 Å². The Morgan fingerprint density at radius 2 is 2.06 bits per heavy atom. The molecule has 1 aliphatic carbocycles. The Labute approximate surface area is 188 Å². The first kappa shape index (κ1) is 21.8. The third-order valence-corrected chi connectivity index (χ3v) is 5.87. The number of fused-ring (bicyclic) bond motifs is 2. The van der Waals surface area contributed by atoms with E-state index in [2.05, 4.69) is 25.5 Å². The standard InChI is InChI=1S/C21H17F4N7O2/c1-9-15(12-6-32-7-13(27-8-33)29-14(32)5-26-12)11-4-28-31-19(11)16(17(9)22)18(10-2-3-10)30-20(34)21(23,24)25/h4-8,10,18H,2-3H2,1H3,(H,27,33)(H,28,31)(H,30,34). The van der Waals surface area contributed by atoms with E-state index in [-0.39, 0.29) is 22.6 Å². The van der Waals surface area contributed by atoms with Gasteiger partial charge in [-0.15, -0.1) is 0 Å². The summed E-state index contributed by atoms with van der Waals surface area (Å²) < 4.78 is 56.2. The Kier molecular flexibility index (Phi) is 4.99. The Balaban J connectivity index is 1.65. The van der Waals surface area contributed by atoms with Gasteiger partial charge in [0.2, 0.25) is 6.41 Å². The van der Waals surface area contributed by atoms with Crippen LogP contribution < -0.4 is 10.6 Å². The maximum Gasteiger partial charge on any atom is 0.471 e. The summed E-state index contributed by atoms with van der Waals surface area (Å²) in [7, 11) is 0. The number of aromatic amines is 1. The molecule has 3 aromatic heterocycles. The van der Waals surface area contributed by atoms with Gasteiger partial charge in [-0.25, -0.2) is 9.37 Å². The number of nitrogens with zero attached hydrogens (tertiary/aromatic N) is 4. The number of amides is 2. The van der Waals surface area contributed by atoms with Gasteiger partial charge in [-0.05, 0) is 31.2 Å². The van der Waals surface area contributed by atoms with Gasteiger partial charge in [-0.2, -0.15) is 18.3 Å². The van der Waals surface area contributed by atoms with Crippen LogP contribution in [0.25, 0.3) is 27.8 Å². The molecule has 0 spiro atoms. The zero-order valence-electron chi connectivity index (χ0n) is 17.6. The second-order valence-electron chi connectivity index (χ2n) is 8.10. The maximum absolute atomic E-state index is 15.8. The number of anilines is 1. The number of hydrogen-bond acceptors (Lipinski definition) is 5. The van der Waals surface area contributed by atoms with Gasteiger partial charge in [-0.1, -0.05) is 0 Å². The van der Waals surface area contributed by atoms with Crippen LogP contribution in [-0.4, -0.2) is 43.1 Å². The number of benzene rings is 1. The largest absolute Gasteiger partial charge is 0.471 e. The Bertz CT molecular complexity index is 1440. The lowest BCUT2D eigenvalue weighted by atomic mass is 9.91. The molecule has 9 nitrogen and oxygen atoms in total. The van der Waals surface area contributed by atoms with E-state index >= 15 is 4.39 Å². The van der Waals surface area contributed by atoms with Crippen molar-refractivity contribution in [2.75, 3.05) is 5.32 Å². The fourth-order valence-corrected chi connectivity index (χ4v) is 4.16. The number of H-pyrrole nitrogens is 1. The van der Waals surface area contributed by atoms with E-state index in [4.69, 9.17) is 0 Å². The molecule has 3 N–H and O–H groups in total. The van der Waals surface area contributed by atoms with Gasteiger partial charge in [0, 0.05) is 22.7 Å². The summed E-state index contributed by atoms with van der Waals surface area (Å²) in [4.78, 5) is 30.9. The van der Waals surface area contributed by atoms with Gasteiger partial charge in [0.15, 0.2) is 11.5 Å². The topological polar surface area (TPSA) is 117 Å². The van der Waals surface area contributed by atoms with E-state index in [0.717, 1.165) is 0 Å². The third-order valence-electron chi connectivity index (χ3n) is 5.87. The average molecular weight is 475 g/mol. The molecule has 5 rings (SSSR count). The van der Waals surface area contributed by atoms with Gasteiger partial charge < -0.3 is 15.0 Å². The van der Waals surface area contributed by atoms with Crippen LogP contribution in [0.1, 0.15) is 30.0 Å². The van der Waals surface area contributed by atoms with Crippen molar-refractivity contribution >= 4 is 34.7 Å². The second-order valence-corrected chi connectivity index (χ2v) is 8.10. The first-order valence-electron chi connectivity index (χ1n) is 10.3. The number of alkyl halides is 3. The lowest BCUT2D eigenvalue weighted by molar-refractivity contribution is -0.174. The summed E-state index contributed by atoms with van der Waals surface area (Å²) in [5.74, 6) is -2.89. The number of nitrogens with one attached hydrogen (secondary N) is 3. The van der Waals surface area contributed by atoms with Crippen LogP contribution in [0.5, 0.6) is 0 Å². The van der Waals surface area contributed by atoms with Crippen LogP contribution in [0.2, 0.25) is 0 Å². The first-order valence-corrected chi connectivity index (χ1v) is 10.3. The third kappa shape index (κ3) is 3.62. The summed E-state index contributed by atoms with van der Waals surface area (Å²) in [6.07, 6.45) is 2.55. The minimum absolute atomic E-state index is 0.0602. The molecular weight excluding hydrogens is 458 g/mol. The maximum atomic E-state index is 15.8. The molecule has 34 heavy (non-hydrogen) atoms. The van der Waals surface area contributed by atoms with Crippen LogP contribution >= 0.6 is 0 Å². The number of carbonyl (C=O) groups excluding carboxylic acids is 2. The van der Waals surface area contributed by atoms with Gasteiger partial charge in [-0.3, -0.25) is 19.7 Å². The van der Waals surface area contributed by atoms with E-state index in [1.807, 2.05) is 5.32 Å². The molecule has 2 amide bonds. The van der Waals surface area contributed by atoms with Crippen LogP contribution in [0.3, 0.4) is 0 Å². The van der Waals surface area contributed by atoms with Crippen molar-refractivity contribution in [1.29, 1.82) is 0 Å². The molecule has 0 bridgehead atoms. The zero-order valence-corrected chi connectivity index (χ0v) is 17.6. The minimum Gasteiger partial charge on any atom is -0.341 e. The van der Waals surface area contributed by atoms with E-state index in [1.165, 1.54) is 19.3 Å². The van der Waals surface area contributed by atoms with Crippen molar-refractivity contribution < 1.29 is 27.2 Å². The number of carbonyl (C=O) groups is 2. The first-order chi connectivity index (χ1) is 16.2. The van der Waals surface area contributed by atoms with E-state index in [0.29, 0.717) is 47.4 Å². The van der Waals surface area contributed by atoms with Crippen LogP contribution in [0.15, 0.2) is 24.8 Å². The molecule has 13 heteroatoms. The summed E-state index contributed by atoms with van der Waals surface area (Å²) in [5, 5.41) is 11.5. The minimum atomic E-state index is -5.09.